The first-order chi connectivity index (χ1) is 15.9. The summed E-state index contributed by atoms with van der Waals surface area (Å²) in [7, 11) is -3.06. The van der Waals surface area contributed by atoms with Gasteiger partial charge >= 0.3 is 6.09 Å². The van der Waals surface area contributed by atoms with Crippen LogP contribution in [-0.2, 0) is 14.6 Å². The number of rotatable bonds is 6. The zero-order valence-corrected chi connectivity index (χ0v) is 21.8. The van der Waals surface area contributed by atoms with Crippen molar-refractivity contribution in [2.75, 3.05) is 19.7 Å². The number of carbonyl (C=O) groups excluding carboxylic acids is 1. The van der Waals surface area contributed by atoms with Crippen LogP contribution in [-0.4, -0.2) is 61.7 Å². The van der Waals surface area contributed by atoms with Crippen LogP contribution in [0.3, 0.4) is 0 Å². The Balaban J connectivity index is 1.35. The summed E-state index contributed by atoms with van der Waals surface area (Å²) in [5, 5.41) is 2.75. The van der Waals surface area contributed by atoms with Crippen LogP contribution in [0.2, 0.25) is 0 Å². The monoisotopic (exact) mass is 482 g/mol. The van der Waals surface area contributed by atoms with Gasteiger partial charge in [0.2, 0.25) is 0 Å². The highest BCUT2D eigenvalue weighted by atomic mass is 32.2. The molecule has 4 rings (SSSR count). The average Bonchev–Trinajstić information content (AvgIpc) is 2.82. The second-order valence-corrected chi connectivity index (χ2v) is 13.6. The Hall–Kier alpha value is -0.820. The third-order valence-corrected chi connectivity index (χ3v) is 12.5. The fourth-order valence-corrected chi connectivity index (χ4v) is 10.9. The average molecular weight is 483 g/mol. The van der Waals surface area contributed by atoms with Crippen molar-refractivity contribution in [2.45, 2.75) is 114 Å². The van der Waals surface area contributed by atoms with Crippen LogP contribution in [0.4, 0.5) is 4.79 Å². The maximum atomic E-state index is 13.4. The van der Waals surface area contributed by atoms with E-state index >= 15 is 0 Å². The van der Waals surface area contributed by atoms with Gasteiger partial charge < -0.3 is 15.0 Å². The van der Waals surface area contributed by atoms with E-state index in [1.165, 1.54) is 0 Å². The number of nitrogens with zero attached hydrogens (tertiary/aromatic N) is 1. The Kier molecular flexibility index (Phi) is 8.31. The Labute approximate surface area is 201 Å². The van der Waals surface area contributed by atoms with E-state index in [1.54, 1.807) is 0 Å². The Morgan fingerprint density at radius 3 is 2.03 bits per heavy atom. The number of fused-ring (bicyclic) bond motifs is 2. The normalized spacial score (nSPS) is 40.5. The number of hydrogen-bond donors (Lipinski definition) is 1. The van der Waals surface area contributed by atoms with Crippen LogP contribution in [0.15, 0.2) is 0 Å². The summed E-state index contributed by atoms with van der Waals surface area (Å²) in [6.45, 7) is 9.23. The first kappa shape index (κ1) is 25.3. The van der Waals surface area contributed by atoms with Gasteiger partial charge in [-0.25, -0.2) is 13.2 Å². The molecule has 4 aliphatic rings. The minimum absolute atomic E-state index is 0.166. The molecule has 0 radical (unpaired) electrons. The molecule has 0 bridgehead atoms. The van der Waals surface area contributed by atoms with Gasteiger partial charge in [-0.1, -0.05) is 46.5 Å². The summed E-state index contributed by atoms with van der Waals surface area (Å²) >= 11 is 0. The largest absolute Gasteiger partial charge is 0.449 e. The zero-order chi connectivity index (χ0) is 23.6. The number of alkyl carbamates (subject to hydrolysis) is 1. The second-order valence-electron chi connectivity index (χ2n) is 11.2. The van der Waals surface area contributed by atoms with E-state index < -0.39 is 9.84 Å². The van der Waals surface area contributed by atoms with Gasteiger partial charge in [0.15, 0.2) is 9.84 Å². The SMILES string of the molecule is CCN(CC)C1CCC(NC(=O)OCC2C3CCCCC3S(=O)(=O)C3CCCCC23)C(C)C1. The van der Waals surface area contributed by atoms with Gasteiger partial charge in [0.05, 0.1) is 17.1 Å². The smallest absolute Gasteiger partial charge is 0.407 e. The quantitative estimate of drug-likeness (QED) is 0.590. The van der Waals surface area contributed by atoms with Crippen LogP contribution in [0, 0.1) is 23.7 Å². The minimum Gasteiger partial charge on any atom is -0.449 e. The maximum Gasteiger partial charge on any atom is 0.407 e. The summed E-state index contributed by atoms with van der Waals surface area (Å²) in [4.78, 5) is 15.3. The molecule has 0 aromatic heterocycles. The molecule has 0 spiro atoms. The molecule has 6 nitrogen and oxygen atoms in total. The first-order valence-electron chi connectivity index (χ1n) is 13.8. The lowest BCUT2D eigenvalue weighted by molar-refractivity contribution is 0.0468. The van der Waals surface area contributed by atoms with E-state index in [9.17, 15) is 13.2 Å². The van der Waals surface area contributed by atoms with Gasteiger partial charge in [-0.05, 0) is 75.8 Å². The van der Waals surface area contributed by atoms with Gasteiger partial charge in [0.1, 0.15) is 0 Å². The molecule has 1 amide bonds. The van der Waals surface area contributed by atoms with Crippen LogP contribution in [0.1, 0.15) is 91.4 Å². The highest BCUT2D eigenvalue weighted by Crippen LogP contribution is 2.50. The Morgan fingerprint density at radius 2 is 1.48 bits per heavy atom. The third-order valence-electron chi connectivity index (χ3n) is 9.63. The lowest BCUT2D eigenvalue weighted by Gasteiger charge is -2.50. The molecule has 1 heterocycles. The predicted molar refractivity (Wildman–Crippen MR) is 132 cm³/mol. The molecule has 1 N–H and O–H groups in total. The standard InChI is InChI=1S/C26H46N2O4S/c1-4-28(5-2)19-14-15-23(18(3)16-19)27-26(29)32-17-22-20-10-6-8-12-24(20)33(30,31)25-13-9-7-11-21(22)25/h18-25H,4-17H2,1-3H3,(H,27,29). The molecular formula is C26H46N2O4S. The summed E-state index contributed by atoms with van der Waals surface area (Å²) in [6.07, 6.45) is 10.7. The van der Waals surface area contributed by atoms with Gasteiger partial charge in [0, 0.05) is 18.0 Å². The summed E-state index contributed by atoms with van der Waals surface area (Å²) in [6, 6.07) is 0.778. The van der Waals surface area contributed by atoms with Gasteiger partial charge in [-0.3, -0.25) is 0 Å². The second kappa shape index (κ2) is 10.8. The molecule has 1 saturated heterocycles. The first-order valence-corrected chi connectivity index (χ1v) is 15.4. The van der Waals surface area contributed by atoms with Crippen molar-refractivity contribution in [1.82, 2.24) is 10.2 Å². The molecule has 4 fully saturated rings. The lowest BCUT2D eigenvalue weighted by Crippen LogP contribution is -2.56. The number of sulfone groups is 1. The van der Waals surface area contributed by atoms with Crippen molar-refractivity contribution in [1.29, 1.82) is 0 Å². The molecule has 3 saturated carbocycles. The van der Waals surface area contributed by atoms with E-state index in [4.69, 9.17) is 4.74 Å². The molecule has 7 heteroatoms. The van der Waals surface area contributed by atoms with Gasteiger partial charge in [-0.15, -0.1) is 0 Å². The van der Waals surface area contributed by atoms with Crippen LogP contribution >= 0.6 is 0 Å². The van der Waals surface area contributed by atoms with Crippen LogP contribution in [0.5, 0.6) is 0 Å². The molecule has 190 valence electrons. The topological polar surface area (TPSA) is 75.7 Å². The molecule has 33 heavy (non-hydrogen) atoms. The molecule has 3 aliphatic carbocycles. The highest BCUT2D eigenvalue weighted by Gasteiger charge is 2.54. The molecule has 0 aromatic rings. The molecule has 1 aliphatic heterocycles. The van der Waals surface area contributed by atoms with Gasteiger partial charge in [-0.2, -0.15) is 0 Å². The van der Waals surface area contributed by atoms with E-state index in [2.05, 4.69) is 31.0 Å². The van der Waals surface area contributed by atoms with Crippen molar-refractivity contribution in [2.24, 2.45) is 23.7 Å². The molecule has 7 unspecified atom stereocenters. The summed E-state index contributed by atoms with van der Waals surface area (Å²) in [5.41, 5.74) is 0. The Bertz CT molecular complexity index is 738. The number of nitrogens with one attached hydrogen (secondary N) is 1. The lowest BCUT2D eigenvalue weighted by atomic mass is 9.69. The van der Waals surface area contributed by atoms with Crippen molar-refractivity contribution in [3.05, 3.63) is 0 Å². The molecule has 0 aromatic carbocycles. The fraction of sp³-hybridized carbons (Fsp3) is 0.962. The fourth-order valence-electron chi connectivity index (χ4n) is 7.85. The van der Waals surface area contributed by atoms with Crippen molar-refractivity contribution in [3.63, 3.8) is 0 Å². The number of ether oxygens (including phenoxy) is 1. The number of amides is 1. The minimum atomic E-state index is -3.06. The van der Waals surface area contributed by atoms with Crippen molar-refractivity contribution < 1.29 is 17.9 Å². The van der Waals surface area contributed by atoms with Crippen molar-refractivity contribution >= 4 is 15.9 Å². The van der Waals surface area contributed by atoms with Crippen LogP contribution < -0.4 is 5.32 Å². The summed E-state index contributed by atoms with van der Waals surface area (Å²) < 4.78 is 32.6. The third kappa shape index (κ3) is 5.24. The molecular weight excluding hydrogens is 436 g/mol. The van der Waals surface area contributed by atoms with Crippen LogP contribution in [0.25, 0.3) is 0 Å². The number of hydrogen-bond acceptors (Lipinski definition) is 5. The Morgan fingerprint density at radius 1 is 0.909 bits per heavy atom. The predicted octanol–water partition coefficient (Wildman–Crippen LogP) is 4.77. The summed E-state index contributed by atoms with van der Waals surface area (Å²) in [5.74, 6) is 0.964. The van der Waals surface area contributed by atoms with E-state index in [0.717, 1.165) is 83.7 Å². The highest BCUT2D eigenvalue weighted by molar-refractivity contribution is 7.92. The van der Waals surface area contributed by atoms with E-state index in [1.807, 2.05) is 0 Å². The number of carbonyl (C=O) groups is 1. The maximum absolute atomic E-state index is 13.4. The van der Waals surface area contributed by atoms with Gasteiger partial charge in [0.25, 0.3) is 0 Å². The zero-order valence-electron chi connectivity index (χ0n) is 21.0. The van der Waals surface area contributed by atoms with Crippen molar-refractivity contribution in [3.8, 4) is 0 Å². The van der Waals surface area contributed by atoms with E-state index in [0.29, 0.717) is 18.6 Å². The molecule has 7 atom stereocenters. The van der Waals surface area contributed by atoms with E-state index in [-0.39, 0.29) is 40.4 Å².